The van der Waals surface area contributed by atoms with Gasteiger partial charge in [0.05, 0.1) is 0 Å². The summed E-state index contributed by atoms with van der Waals surface area (Å²) in [6, 6.07) is 0. The summed E-state index contributed by atoms with van der Waals surface area (Å²) < 4.78 is 15.5. The van der Waals surface area contributed by atoms with Gasteiger partial charge in [0, 0.05) is 5.92 Å². The molecule has 0 aromatic heterocycles. The molecule has 0 aliphatic heterocycles. The SMILES string of the molecule is CC[C@H]1CC[C@H]2[C@@H]3CCC4CCC=C[C@]4(C)[C@H]3C(F)C[C@]12C. The summed E-state index contributed by atoms with van der Waals surface area (Å²) in [6.45, 7) is 7.15. The van der Waals surface area contributed by atoms with E-state index in [4.69, 9.17) is 0 Å². The third kappa shape index (κ3) is 1.86. The van der Waals surface area contributed by atoms with Crippen molar-refractivity contribution in [3.63, 3.8) is 0 Å². The van der Waals surface area contributed by atoms with Crippen molar-refractivity contribution in [2.75, 3.05) is 0 Å². The van der Waals surface area contributed by atoms with Crippen LogP contribution < -0.4 is 0 Å². The van der Waals surface area contributed by atoms with E-state index in [1.165, 1.54) is 44.9 Å². The lowest BCUT2D eigenvalue weighted by molar-refractivity contribution is -0.122. The van der Waals surface area contributed by atoms with E-state index in [-0.39, 0.29) is 10.8 Å². The Morgan fingerprint density at radius 1 is 1.09 bits per heavy atom. The standard InChI is InChI=1S/C21H33F/c1-4-14-9-11-17-16-10-8-15-7-5-6-12-20(15,2)19(16)18(22)13-21(14,17)3/h6,12,14-19H,4-5,7-11,13H2,1-3H3/t14-,15?,16-,17-,18?,19+,20-,21+/m0/s1. The lowest BCUT2D eigenvalue weighted by atomic mass is 9.45. The lowest BCUT2D eigenvalue weighted by Crippen LogP contribution is -2.56. The predicted molar refractivity (Wildman–Crippen MR) is 90.3 cm³/mol. The Labute approximate surface area is 135 Å². The normalized spacial score (nSPS) is 57.1. The van der Waals surface area contributed by atoms with E-state index in [9.17, 15) is 0 Å². The molecule has 0 amide bonds. The van der Waals surface area contributed by atoms with Crippen molar-refractivity contribution >= 4 is 0 Å². The van der Waals surface area contributed by atoms with Gasteiger partial charge in [0.1, 0.15) is 6.17 Å². The topological polar surface area (TPSA) is 0 Å². The van der Waals surface area contributed by atoms with Crippen LogP contribution in [0.15, 0.2) is 12.2 Å². The highest BCUT2D eigenvalue weighted by molar-refractivity contribution is 5.17. The third-order valence-corrected chi connectivity index (χ3v) is 8.71. The first-order valence-corrected chi connectivity index (χ1v) is 9.82. The van der Waals surface area contributed by atoms with Gasteiger partial charge in [0.2, 0.25) is 0 Å². The van der Waals surface area contributed by atoms with Gasteiger partial charge in [-0.2, -0.15) is 0 Å². The van der Waals surface area contributed by atoms with E-state index in [1.54, 1.807) is 0 Å². The van der Waals surface area contributed by atoms with Gasteiger partial charge in [0.25, 0.3) is 0 Å². The summed E-state index contributed by atoms with van der Waals surface area (Å²) in [5, 5.41) is 0. The highest BCUT2D eigenvalue weighted by Gasteiger charge is 2.62. The fourth-order valence-corrected chi connectivity index (χ4v) is 7.65. The Kier molecular flexibility index (Phi) is 3.51. The van der Waals surface area contributed by atoms with Crippen molar-refractivity contribution < 1.29 is 4.39 Å². The Bertz CT molecular complexity index is 469. The number of hydrogen-bond donors (Lipinski definition) is 0. The second kappa shape index (κ2) is 5.08. The summed E-state index contributed by atoms with van der Waals surface area (Å²) in [5.41, 5.74) is 0.434. The molecule has 0 aromatic carbocycles. The number of halogens is 1. The van der Waals surface area contributed by atoms with Gasteiger partial charge >= 0.3 is 0 Å². The first-order valence-electron chi connectivity index (χ1n) is 9.82. The van der Waals surface area contributed by atoms with Gasteiger partial charge in [0.15, 0.2) is 0 Å². The van der Waals surface area contributed by atoms with Crippen LogP contribution in [0.2, 0.25) is 0 Å². The lowest BCUT2D eigenvalue weighted by Gasteiger charge is -2.60. The third-order valence-electron chi connectivity index (χ3n) is 8.71. The molecule has 4 aliphatic carbocycles. The molecule has 4 aliphatic rings. The molecule has 0 nitrogen and oxygen atoms in total. The molecular weight excluding hydrogens is 271 g/mol. The zero-order valence-corrected chi connectivity index (χ0v) is 14.7. The predicted octanol–water partition coefficient (Wildman–Crippen LogP) is 6.17. The molecule has 0 saturated heterocycles. The summed E-state index contributed by atoms with van der Waals surface area (Å²) in [6.07, 6.45) is 14.2. The van der Waals surface area contributed by atoms with E-state index < -0.39 is 6.17 Å². The average Bonchev–Trinajstić information content (AvgIpc) is 2.82. The number of hydrogen-bond acceptors (Lipinski definition) is 0. The van der Waals surface area contributed by atoms with Gasteiger partial charge in [-0.15, -0.1) is 0 Å². The fourth-order valence-electron chi connectivity index (χ4n) is 7.65. The minimum atomic E-state index is -0.575. The minimum absolute atomic E-state index is 0.145. The summed E-state index contributed by atoms with van der Waals surface area (Å²) in [4.78, 5) is 0. The molecule has 4 rings (SSSR count). The second-order valence-corrected chi connectivity index (χ2v) is 9.32. The molecule has 8 atom stereocenters. The molecular formula is C21H33F. The van der Waals surface area contributed by atoms with Crippen LogP contribution in [0.4, 0.5) is 4.39 Å². The molecule has 3 fully saturated rings. The van der Waals surface area contributed by atoms with Gasteiger partial charge in [-0.3, -0.25) is 0 Å². The van der Waals surface area contributed by atoms with Crippen molar-refractivity contribution in [1.82, 2.24) is 0 Å². The molecule has 0 aromatic rings. The average molecular weight is 304 g/mol. The van der Waals surface area contributed by atoms with Crippen LogP contribution in [0.3, 0.4) is 0 Å². The first-order chi connectivity index (χ1) is 10.5. The molecule has 124 valence electrons. The zero-order chi connectivity index (χ0) is 15.5. The Morgan fingerprint density at radius 2 is 1.91 bits per heavy atom. The van der Waals surface area contributed by atoms with Crippen LogP contribution in [0.1, 0.15) is 72.1 Å². The second-order valence-electron chi connectivity index (χ2n) is 9.32. The van der Waals surface area contributed by atoms with Crippen molar-refractivity contribution in [2.45, 2.75) is 78.3 Å². The molecule has 0 N–H and O–H groups in total. The fraction of sp³-hybridized carbons (Fsp3) is 0.905. The van der Waals surface area contributed by atoms with Crippen molar-refractivity contribution in [2.24, 2.45) is 40.4 Å². The smallest absolute Gasteiger partial charge is 0.105 e. The number of rotatable bonds is 1. The van der Waals surface area contributed by atoms with Crippen LogP contribution in [0.25, 0.3) is 0 Å². The van der Waals surface area contributed by atoms with Crippen molar-refractivity contribution in [1.29, 1.82) is 0 Å². The highest BCUT2D eigenvalue weighted by atomic mass is 19.1. The van der Waals surface area contributed by atoms with E-state index in [0.717, 1.165) is 24.2 Å². The van der Waals surface area contributed by atoms with Gasteiger partial charge < -0.3 is 0 Å². The number of allylic oxidation sites excluding steroid dienone is 2. The molecule has 22 heavy (non-hydrogen) atoms. The Morgan fingerprint density at radius 3 is 2.68 bits per heavy atom. The number of alkyl halides is 1. The van der Waals surface area contributed by atoms with Crippen LogP contribution >= 0.6 is 0 Å². The van der Waals surface area contributed by atoms with E-state index in [2.05, 4.69) is 32.9 Å². The van der Waals surface area contributed by atoms with Crippen LogP contribution in [0, 0.1) is 40.4 Å². The maximum atomic E-state index is 15.5. The summed E-state index contributed by atoms with van der Waals surface area (Å²) >= 11 is 0. The zero-order valence-electron chi connectivity index (χ0n) is 14.7. The van der Waals surface area contributed by atoms with E-state index in [0.29, 0.717) is 11.8 Å². The van der Waals surface area contributed by atoms with E-state index >= 15 is 4.39 Å². The monoisotopic (exact) mass is 304 g/mol. The van der Waals surface area contributed by atoms with Crippen LogP contribution in [0.5, 0.6) is 0 Å². The van der Waals surface area contributed by atoms with Gasteiger partial charge in [-0.25, -0.2) is 4.39 Å². The first kappa shape index (κ1) is 15.2. The summed E-state index contributed by atoms with van der Waals surface area (Å²) in [7, 11) is 0. The van der Waals surface area contributed by atoms with Crippen LogP contribution in [-0.4, -0.2) is 6.17 Å². The Hall–Kier alpha value is -0.330. The van der Waals surface area contributed by atoms with E-state index in [1.807, 2.05) is 0 Å². The van der Waals surface area contributed by atoms with Crippen LogP contribution in [-0.2, 0) is 0 Å². The van der Waals surface area contributed by atoms with Crippen molar-refractivity contribution in [3.05, 3.63) is 12.2 Å². The minimum Gasteiger partial charge on any atom is -0.247 e. The molecule has 0 radical (unpaired) electrons. The maximum absolute atomic E-state index is 15.5. The van der Waals surface area contributed by atoms with Crippen molar-refractivity contribution in [3.8, 4) is 0 Å². The largest absolute Gasteiger partial charge is 0.247 e. The molecule has 0 bridgehead atoms. The maximum Gasteiger partial charge on any atom is 0.105 e. The Balaban J connectivity index is 1.71. The number of fused-ring (bicyclic) bond motifs is 5. The molecule has 1 heteroatoms. The molecule has 3 saturated carbocycles. The highest BCUT2D eigenvalue weighted by Crippen LogP contribution is 2.67. The quantitative estimate of drug-likeness (QED) is 0.508. The molecule has 2 unspecified atom stereocenters. The summed E-state index contributed by atoms with van der Waals surface area (Å²) in [5.74, 6) is 3.25. The molecule has 0 heterocycles. The van der Waals surface area contributed by atoms with Gasteiger partial charge in [-0.1, -0.05) is 39.3 Å². The van der Waals surface area contributed by atoms with Gasteiger partial charge in [-0.05, 0) is 79.4 Å². The molecule has 0 spiro atoms.